The van der Waals surface area contributed by atoms with Crippen molar-refractivity contribution in [1.82, 2.24) is 9.47 Å². The molecule has 1 aromatic carbocycles. The van der Waals surface area contributed by atoms with Gasteiger partial charge in [-0.25, -0.2) is 0 Å². The molecule has 30 heavy (non-hydrogen) atoms. The number of amides is 1. The summed E-state index contributed by atoms with van der Waals surface area (Å²) in [6, 6.07) is 6.24. The van der Waals surface area contributed by atoms with E-state index in [9.17, 15) is 14.4 Å². The molecule has 2 aromatic rings. The van der Waals surface area contributed by atoms with Gasteiger partial charge in [-0.05, 0) is 30.0 Å². The third-order valence-electron chi connectivity index (χ3n) is 6.64. The SMILES string of the molecule is CCC(=O)OCC1C[C@H]2c3cccc4c3c(cn4C(=O)CC)C[C@@H]2N(C(=O)CC)C1. The Hall–Kier alpha value is -2.63. The molecule has 0 saturated carbocycles. The molecule has 4 rings (SSSR count). The molecule has 6 nitrogen and oxygen atoms in total. The largest absolute Gasteiger partial charge is 0.465 e. The van der Waals surface area contributed by atoms with Gasteiger partial charge in [0.25, 0.3) is 0 Å². The first-order valence-electron chi connectivity index (χ1n) is 11.1. The number of rotatable bonds is 5. The van der Waals surface area contributed by atoms with Crippen molar-refractivity contribution in [3.63, 3.8) is 0 Å². The molecule has 1 fully saturated rings. The highest BCUT2D eigenvalue weighted by molar-refractivity contribution is 5.97. The van der Waals surface area contributed by atoms with Gasteiger partial charge >= 0.3 is 5.97 Å². The van der Waals surface area contributed by atoms with Gasteiger partial charge in [0.15, 0.2) is 0 Å². The van der Waals surface area contributed by atoms with Gasteiger partial charge in [0, 0.05) is 55.3 Å². The fourth-order valence-electron chi connectivity index (χ4n) is 5.20. The van der Waals surface area contributed by atoms with E-state index in [2.05, 4.69) is 6.07 Å². The summed E-state index contributed by atoms with van der Waals surface area (Å²) in [5.74, 6) is 0.320. The maximum Gasteiger partial charge on any atom is 0.305 e. The van der Waals surface area contributed by atoms with Crippen LogP contribution in [0.3, 0.4) is 0 Å². The summed E-state index contributed by atoms with van der Waals surface area (Å²) in [6.45, 7) is 6.52. The summed E-state index contributed by atoms with van der Waals surface area (Å²) in [7, 11) is 0. The number of nitrogens with zero attached hydrogens (tertiary/aromatic N) is 2. The minimum atomic E-state index is -0.200. The number of benzene rings is 1. The van der Waals surface area contributed by atoms with Gasteiger partial charge in [0.05, 0.1) is 12.1 Å². The maximum absolute atomic E-state index is 12.8. The van der Waals surface area contributed by atoms with Crippen LogP contribution in [-0.2, 0) is 20.7 Å². The Morgan fingerprint density at radius 2 is 1.83 bits per heavy atom. The van der Waals surface area contributed by atoms with Crippen molar-refractivity contribution in [2.24, 2.45) is 5.92 Å². The fourth-order valence-corrected chi connectivity index (χ4v) is 5.20. The summed E-state index contributed by atoms with van der Waals surface area (Å²) in [5, 5.41) is 1.16. The van der Waals surface area contributed by atoms with E-state index in [-0.39, 0.29) is 35.7 Å². The lowest BCUT2D eigenvalue weighted by Crippen LogP contribution is -2.53. The lowest BCUT2D eigenvalue weighted by atomic mass is 9.72. The summed E-state index contributed by atoms with van der Waals surface area (Å²) in [5.41, 5.74) is 3.32. The zero-order valence-electron chi connectivity index (χ0n) is 18.0. The van der Waals surface area contributed by atoms with E-state index >= 15 is 0 Å². The number of esters is 1. The van der Waals surface area contributed by atoms with E-state index in [4.69, 9.17) is 4.74 Å². The predicted molar refractivity (Wildman–Crippen MR) is 114 cm³/mol. The van der Waals surface area contributed by atoms with E-state index in [0.29, 0.717) is 32.4 Å². The Balaban J connectivity index is 1.74. The van der Waals surface area contributed by atoms with Gasteiger partial charge in [-0.3, -0.25) is 19.0 Å². The average Bonchev–Trinajstić information content (AvgIpc) is 3.15. The Kier molecular flexibility index (Phi) is 5.67. The van der Waals surface area contributed by atoms with E-state index in [0.717, 1.165) is 29.3 Å². The average molecular weight is 411 g/mol. The van der Waals surface area contributed by atoms with Gasteiger partial charge in [0.1, 0.15) is 0 Å². The smallest absolute Gasteiger partial charge is 0.305 e. The summed E-state index contributed by atoms with van der Waals surface area (Å²) >= 11 is 0. The molecule has 0 bridgehead atoms. The lowest BCUT2D eigenvalue weighted by Gasteiger charge is -2.47. The number of hydrogen-bond donors (Lipinski definition) is 0. The van der Waals surface area contributed by atoms with Crippen LogP contribution in [0.2, 0.25) is 0 Å². The fraction of sp³-hybridized carbons (Fsp3) is 0.542. The normalized spacial score (nSPS) is 22.6. The van der Waals surface area contributed by atoms with Gasteiger partial charge in [-0.2, -0.15) is 0 Å². The molecule has 1 aliphatic carbocycles. The van der Waals surface area contributed by atoms with E-state index in [1.807, 2.05) is 37.1 Å². The van der Waals surface area contributed by atoms with Crippen LogP contribution in [0, 0.1) is 5.92 Å². The number of likely N-dealkylation sites (tertiary alicyclic amines) is 1. The number of carbonyl (C=O) groups is 3. The molecular formula is C24H30N2O4. The van der Waals surface area contributed by atoms with Gasteiger partial charge in [-0.15, -0.1) is 0 Å². The summed E-state index contributed by atoms with van der Waals surface area (Å²) < 4.78 is 7.21. The lowest BCUT2D eigenvalue weighted by molar-refractivity contribution is -0.146. The number of piperidine rings is 1. The van der Waals surface area contributed by atoms with Crippen molar-refractivity contribution >= 4 is 28.7 Å². The molecular weight excluding hydrogens is 380 g/mol. The first kappa shape index (κ1) is 20.6. The highest BCUT2D eigenvalue weighted by Crippen LogP contribution is 2.45. The molecule has 2 aliphatic rings. The minimum Gasteiger partial charge on any atom is -0.465 e. The van der Waals surface area contributed by atoms with Crippen LogP contribution in [0.5, 0.6) is 0 Å². The molecule has 1 aliphatic heterocycles. The van der Waals surface area contributed by atoms with Crippen molar-refractivity contribution in [2.75, 3.05) is 13.2 Å². The zero-order valence-corrected chi connectivity index (χ0v) is 18.0. The molecule has 1 aromatic heterocycles. The second kappa shape index (κ2) is 8.25. The van der Waals surface area contributed by atoms with Crippen molar-refractivity contribution < 1.29 is 19.1 Å². The van der Waals surface area contributed by atoms with E-state index in [1.165, 1.54) is 5.56 Å². The molecule has 1 saturated heterocycles. The number of aromatic nitrogens is 1. The molecule has 0 spiro atoms. The first-order valence-corrected chi connectivity index (χ1v) is 11.1. The Morgan fingerprint density at radius 3 is 2.53 bits per heavy atom. The van der Waals surface area contributed by atoms with Crippen LogP contribution < -0.4 is 0 Å². The van der Waals surface area contributed by atoms with Crippen molar-refractivity contribution in [3.05, 3.63) is 35.5 Å². The van der Waals surface area contributed by atoms with Crippen molar-refractivity contribution in [1.29, 1.82) is 0 Å². The van der Waals surface area contributed by atoms with E-state index in [1.54, 1.807) is 11.5 Å². The topological polar surface area (TPSA) is 68.6 Å². The van der Waals surface area contributed by atoms with Crippen molar-refractivity contribution in [3.8, 4) is 0 Å². The quantitative estimate of drug-likeness (QED) is 0.701. The van der Waals surface area contributed by atoms with Gasteiger partial charge in [0.2, 0.25) is 11.8 Å². The first-order chi connectivity index (χ1) is 14.5. The third kappa shape index (κ3) is 3.42. The van der Waals surface area contributed by atoms with Crippen molar-refractivity contribution in [2.45, 2.75) is 64.8 Å². The monoisotopic (exact) mass is 410 g/mol. The number of fused-ring (bicyclic) bond motifs is 2. The van der Waals surface area contributed by atoms with Crippen LogP contribution in [0.4, 0.5) is 0 Å². The van der Waals surface area contributed by atoms with Crippen LogP contribution in [0.25, 0.3) is 10.9 Å². The Morgan fingerprint density at radius 1 is 1.07 bits per heavy atom. The van der Waals surface area contributed by atoms with E-state index < -0.39 is 0 Å². The minimum absolute atomic E-state index is 0.0825. The van der Waals surface area contributed by atoms with Crippen LogP contribution in [-0.4, -0.2) is 46.4 Å². The summed E-state index contributed by atoms with van der Waals surface area (Å²) in [6.07, 6.45) is 4.87. The molecule has 3 atom stereocenters. The van der Waals surface area contributed by atoms with Crippen LogP contribution in [0.15, 0.2) is 24.4 Å². The van der Waals surface area contributed by atoms with Crippen LogP contribution in [0.1, 0.15) is 68.3 Å². The predicted octanol–water partition coefficient (Wildman–Crippen LogP) is 3.91. The standard InChI is InChI=1S/C24H30N2O4/c1-4-21(27)25-12-15(14-30-23(29)6-3)10-18-17-8-7-9-19-24(17)16(11-20(18)25)13-26(19)22(28)5-2/h7-9,13,15,18,20H,4-6,10-12,14H2,1-3H3/t15?,18-,20-/m0/s1. The number of ether oxygens (including phenoxy) is 1. The molecule has 1 unspecified atom stereocenters. The highest BCUT2D eigenvalue weighted by atomic mass is 16.5. The molecule has 6 heteroatoms. The molecule has 2 heterocycles. The second-order valence-corrected chi connectivity index (χ2v) is 8.43. The van der Waals surface area contributed by atoms with Crippen LogP contribution >= 0.6 is 0 Å². The number of hydrogen-bond acceptors (Lipinski definition) is 4. The number of carbonyl (C=O) groups excluding carboxylic acids is 3. The Bertz CT molecular complexity index is 992. The molecule has 0 radical (unpaired) electrons. The van der Waals surface area contributed by atoms with Gasteiger partial charge in [-0.1, -0.05) is 32.9 Å². The third-order valence-corrected chi connectivity index (χ3v) is 6.64. The zero-order chi connectivity index (χ0) is 21.4. The highest BCUT2D eigenvalue weighted by Gasteiger charge is 2.43. The summed E-state index contributed by atoms with van der Waals surface area (Å²) in [4.78, 5) is 39.0. The molecule has 160 valence electrons. The Labute approximate surface area is 177 Å². The maximum atomic E-state index is 12.8. The van der Waals surface area contributed by atoms with Gasteiger partial charge < -0.3 is 9.64 Å². The molecule has 0 N–H and O–H groups in total. The molecule has 1 amide bonds. The second-order valence-electron chi connectivity index (χ2n) is 8.43.